The quantitative estimate of drug-likeness (QED) is 0.464. The van der Waals surface area contributed by atoms with Crippen molar-refractivity contribution in [2.24, 2.45) is 4.99 Å². The number of amidine groups is 1. The van der Waals surface area contributed by atoms with Gasteiger partial charge >= 0.3 is 6.09 Å². The standard InChI is InChI=1S/C15H29N5O3/c1-7-23-15(21)20(5)9-8-19(4)13(16)10-14(17-3)18-12(2)11-22-6/h10,12,16,18H,3,7-9,11H2,1-2,4-6H3/b14-10+,16-13?/t12-/m1/s1. The molecule has 0 saturated heterocycles. The zero-order valence-corrected chi connectivity index (χ0v) is 14.8. The van der Waals surface area contributed by atoms with Crippen LogP contribution in [0.2, 0.25) is 0 Å². The van der Waals surface area contributed by atoms with Crippen LogP contribution in [0.15, 0.2) is 16.9 Å². The van der Waals surface area contributed by atoms with Gasteiger partial charge < -0.3 is 24.6 Å². The molecule has 0 heterocycles. The lowest BCUT2D eigenvalue weighted by Crippen LogP contribution is -2.37. The fourth-order valence-electron chi connectivity index (χ4n) is 1.66. The van der Waals surface area contributed by atoms with Crippen molar-refractivity contribution in [3.8, 4) is 0 Å². The maximum atomic E-state index is 11.5. The zero-order valence-electron chi connectivity index (χ0n) is 14.8. The number of rotatable bonds is 10. The molecule has 0 unspecified atom stereocenters. The first kappa shape index (κ1) is 20.9. The fraction of sp³-hybridized carbons (Fsp3) is 0.667. The summed E-state index contributed by atoms with van der Waals surface area (Å²) in [5.74, 6) is 0.770. The van der Waals surface area contributed by atoms with E-state index >= 15 is 0 Å². The van der Waals surface area contributed by atoms with Crippen LogP contribution in [0.25, 0.3) is 0 Å². The maximum Gasteiger partial charge on any atom is 0.409 e. The van der Waals surface area contributed by atoms with E-state index in [1.54, 1.807) is 39.1 Å². The number of nitrogens with zero attached hydrogens (tertiary/aromatic N) is 3. The van der Waals surface area contributed by atoms with E-state index in [0.29, 0.717) is 32.1 Å². The van der Waals surface area contributed by atoms with Crippen molar-refractivity contribution in [1.82, 2.24) is 15.1 Å². The molecule has 1 amide bonds. The third-order valence-corrected chi connectivity index (χ3v) is 3.02. The van der Waals surface area contributed by atoms with Crippen molar-refractivity contribution < 1.29 is 14.3 Å². The molecule has 0 aliphatic heterocycles. The van der Waals surface area contributed by atoms with Gasteiger partial charge in [0.1, 0.15) is 11.7 Å². The van der Waals surface area contributed by atoms with Gasteiger partial charge in [-0.05, 0) is 20.6 Å². The number of nitrogens with one attached hydrogen (secondary N) is 2. The first-order valence-corrected chi connectivity index (χ1v) is 7.47. The summed E-state index contributed by atoms with van der Waals surface area (Å²) < 4.78 is 9.95. The molecule has 0 aliphatic rings. The van der Waals surface area contributed by atoms with Crippen molar-refractivity contribution in [2.45, 2.75) is 19.9 Å². The summed E-state index contributed by atoms with van der Waals surface area (Å²) in [5, 5.41) is 11.2. The second kappa shape index (κ2) is 11.5. The Morgan fingerprint density at radius 3 is 2.52 bits per heavy atom. The van der Waals surface area contributed by atoms with Gasteiger partial charge in [-0.1, -0.05) is 0 Å². The van der Waals surface area contributed by atoms with Gasteiger partial charge in [-0.3, -0.25) is 5.41 Å². The van der Waals surface area contributed by atoms with Crippen molar-refractivity contribution in [3.63, 3.8) is 0 Å². The highest BCUT2D eigenvalue weighted by Crippen LogP contribution is 1.99. The largest absolute Gasteiger partial charge is 0.450 e. The molecule has 0 aliphatic carbocycles. The van der Waals surface area contributed by atoms with E-state index in [2.05, 4.69) is 17.0 Å². The van der Waals surface area contributed by atoms with E-state index in [4.69, 9.17) is 14.9 Å². The number of methoxy groups -OCH3 is 1. The molecule has 23 heavy (non-hydrogen) atoms. The summed E-state index contributed by atoms with van der Waals surface area (Å²) in [7, 11) is 5.06. The summed E-state index contributed by atoms with van der Waals surface area (Å²) in [6, 6.07) is 0.0600. The van der Waals surface area contributed by atoms with Crippen molar-refractivity contribution in [3.05, 3.63) is 11.9 Å². The minimum absolute atomic E-state index is 0.0600. The van der Waals surface area contributed by atoms with E-state index < -0.39 is 0 Å². The van der Waals surface area contributed by atoms with Gasteiger partial charge in [-0.15, -0.1) is 0 Å². The molecular formula is C15H29N5O3. The Balaban J connectivity index is 4.48. The van der Waals surface area contributed by atoms with E-state index in [0.717, 1.165) is 0 Å². The number of carbonyl (C=O) groups is 1. The van der Waals surface area contributed by atoms with E-state index in [1.165, 1.54) is 4.90 Å². The monoisotopic (exact) mass is 327 g/mol. The van der Waals surface area contributed by atoms with Crippen molar-refractivity contribution in [2.75, 3.05) is 47.5 Å². The number of ether oxygens (including phenoxy) is 2. The van der Waals surface area contributed by atoms with E-state index in [1.807, 2.05) is 6.92 Å². The summed E-state index contributed by atoms with van der Waals surface area (Å²) in [4.78, 5) is 18.6. The highest BCUT2D eigenvalue weighted by atomic mass is 16.6. The highest BCUT2D eigenvalue weighted by Gasteiger charge is 2.11. The average Bonchev–Trinajstić information content (AvgIpc) is 2.51. The first-order chi connectivity index (χ1) is 10.8. The predicted molar refractivity (Wildman–Crippen MR) is 92.1 cm³/mol. The van der Waals surface area contributed by atoms with Crippen LogP contribution in [-0.2, 0) is 9.47 Å². The summed E-state index contributed by atoms with van der Waals surface area (Å²) in [6.07, 6.45) is 1.22. The van der Waals surface area contributed by atoms with Gasteiger partial charge in [0, 0.05) is 46.4 Å². The van der Waals surface area contributed by atoms with Gasteiger partial charge in [0.25, 0.3) is 0 Å². The second-order valence-corrected chi connectivity index (χ2v) is 5.12. The van der Waals surface area contributed by atoms with Gasteiger partial charge in [-0.25, -0.2) is 9.79 Å². The minimum Gasteiger partial charge on any atom is -0.450 e. The molecule has 0 spiro atoms. The number of hydrogen-bond donors (Lipinski definition) is 2. The van der Waals surface area contributed by atoms with Crippen LogP contribution in [0.5, 0.6) is 0 Å². The van der Waals surface area contributed by atoms with Gasteiger partial charge in [0.05, 0.1) is 13.2 Å². The van der Waals surface area contributed by atoms with Crippen LogP contribution >= 0.6 is 0 Å². The number of likely N-dealkylation sites (N-methyl/N-ethyl adjacent to an activating group) is 2. The normalized spacial score (nSPS) is 12.3. The minimum atomic E-state index is -0.369. The van der Waals surface area contributed by atoms with Gasteiger partial charge in [0.15, 0.2) is 0 Å². The molecule has 2 N–H and O–H groups in total. The SMILES string of the molecule is C=N/C(=C\C(=N)N(C)CCN(C)C(=O)OCC)N[C@H](C)COC. The number of amides is 1. The molecule has 0 aromatic carbocycles. The van der Waals surface area contributed by atoms with Crippen LogP contribution in [0.3, 0.4) is 0 Å². The summed E-state index contributed by atoms with van der Waals surface area (Å²) >= 11 is 0. The van der Waals surface area contributed by atoms with Gasteiger partial charge in [0.2, 0.25) is 0 Å². The molecule has 0 rings (SSSR count). The van der Waals surface area contributed by atoms with Crippen LogP contribution in [0.1, 0.15) is 13.8 Å². The summed E-state index contributed by atoms with van der Waals surface area (Å²) in [5.41, 5.74) is 0. The molecule has 0 radical (unpaired) electrons. The molecule has 0 aromatic rings. The Morgan fingerprint density at radius 1 is 1.39 bits per heavy atom. The zero-order chi connectivity index (χ0) is 17.8. The predicted octanol–water partition coefficient (Wildman–Crippen LogP) is 1.15. The third kappa shape index (κ3) is 8.82. The third-order valence-electron chi connectivity index (χ3n) is 3.02. The Kier molecular flexibility index (Phi) is 10.4. The van der Waals surface area contributed by atoms with E-state index in [9.17, 15) is 4.79 Å². The molecule has 132 valence electrons. The van der Waals surface area contributed by atoms with Crippen LogP contribution in [0, 0.1) is 5.41 Å². The lowest BCUT2D eigenvalue weighted by Gasteiger charge is -2.23. The molecular weight excluding hydrogens is 298 g/mol. The molecule has 8 heteroatoms. The highest BCUT2D eigenvalue weighted by molar-refractivity contribution is 5.90. The van der Waals surface area contributed by atoms with Gasteiger partial charge in [-0.2, -0.15) is 0 Å². The molecule has 1 atom stereocenters. The van der Waals surface area contributed by atoms with Crippen molar-refractivity contribution in [1.29, 1.82) is 5.41 Å². The Hall–Kier alpha value is -2.09. The van der Waals surface area contributed by atoms with Crippen LogP contribution < -0.4 is 5.32 Å². The Morgan fingerprint density at radius 2 is 2.00 bits per heavy atom. The second-order valence-electron chi connectivity index (χ2n) is 5.12. The first-order valence-electron chi connectivity index (χ1n) is 7.47. The maximum absolute atomic E-state index is 11.5. The van der Waals surface area contributed by atoms with E-state index in [-0.39, 0.29) is 18.0 Å². The number of hydrogen-bond acceptors (Lipinski definition) is 6. The Bertz CT molecular complexity index is 425. The number of carbonyl (C=O) groups excluding carboxylic acids is 1. The topological polar surface area (TPSA) is 90.3 Å². The fourth-order valence-corrected chi connectivity index (χ4v) is 1.66. The van der Waals surface area contributed by atoms with Crippen molar-refractivity contribution >= 4 is 18.6 Å². The lowest BCUT2D eigenvalue weighted by molar-refractivity contribution is 0.115. The molecule has 0 bridgehead atoms. The molecule has 0 saturated carbocycles. The summed E-state index contributed by atoms with van der Waals surface area (Å²) in [6.45, 7) is 9.04. The Labute approximate surface area is 138 Å². The van der Waals surface area contributed by atoms with Crippen LogP contribution in [0.4, 0.5) is 4.79 Å². The lowest BCUT2D eigenvalue weighted by atomic mass is 10.3. The van der Waals surface area contributed by atoms with Crippen LogP contribution in [-0.4, -0.2) is 82.0 Å². The average molecular weight is 327 g/mol. The molecule has 0 aromatic heterocycles. The molecule has 0 fully saturated rings. The molecule has 8 nitrogen and oxygen atoms in total. The number of aliphatic imine (C=N–C) groups is 1. The smallest absolute Gasteiger partial charge is 0.409 e.